The van der Waals surface area contributed by atoms with Crippen LogP contribution in [0.2, 0.25) is 0 Å². The zero-order chi connectivity index (χ0) is 38.8. The van der Waals surface area contributed by atoms with Crippen molar-refractivity contribution in [3.05, 3.63) is 24.3 Å². The van der Waals surface area contributed by atoms with E-state index in [1.165, 1.54) is 32.1 Å². The van der Waals surface area contributed by atoms with Gasteiger partial charge in [0.25, 0.3) is 0 Å². The van der Waals surface area contributed by atoms with Gasteiger partial charge < -0.3 is 39.9 Å². The lowest BCUT2D eigenvalue weighted by atomic mass is 9.89. The SMILES string of the molecule is CCCCC[C@@H](O)/C=C/[C@@H]1[C@H](C/C=C\CC(=O)O[C@H](COC(=O)CCCCCCCCCCC(C)C)COP(=O)(O)OC[C@@H](O)CO)[C@@H](O)C[C@H]1O. The van der Waals surface area contributed by atoms with E-state index in [-0.39, 0.29) is 31.1 Å². The fraction of sp³-hybridized carbons (Fsp3) is 0.842. The van der Waals surface area contributed by atoms with Gasteiger partial charge in [-0.1, -0.05) is 116 Å². The highest BCUT2D eigenvalue weighted by Gasteiger charge is 2.39. The molecular weight excluding hydrogens is 695 g/mol. The Labute approximate surface area is 311 Å². The van der Waals surface area contributed by atoms with E-state index >= 15 is 0 Å². The lowest BCUT2D eigenvalue weighted by Gasteiger charge is -2.20. The van der Waals surface area contributed by atoms with Crippen molar-refractivity contribution in [2.75, 3.05) is 26.4 Å². The smallest absolute Gasteiger partial charge is 0.462 e. The van der Waals surface area contributed by atoms with E-state index in [1.54, 1.807) is 24.3 Å². The number of unbranched alkanes of at least 4 members (excludes halogenated alkanes) is 9. The second-order valence-electron chi connectivity index (χ2n) is 14.4. The summed E-state index contributed by atoms with van der Waals surface area (Å²) in [5.74, 6) is -1.16. The molecule has 14 heteroatoms. The Balaban J connectivity index is 2.62. The Hall–Kier alpha value is -1.67. The molecule has 1 aliphatic carbocycles. The van der Waals surface area contributed by atoms with Crippen LogP contribution in [-0.4, -0.2) is 99.3 Å². The van der Waals surface area contributed by atoms with Crippen molar-refractivity contribution in [3.8, 4) is 0 Å². The predicted octanol–water partition coefficient (Wildman–Crippen LogP) is 5.68. The highest BCUT2D eigenvalue weighted by atomic mass is 31.2. The monoisotopic (exact) mass is 764 g/mol. The van der Waals surface area contributed by atoms with Crippen LogP contribution in [0.3, 0.4) is 0 Å². The first-order chi connectivity index (χ1) is 24.8. The van der Waals surface area contributed by atoms with Crippen LogP contribution in [0.25, 0.3) is 0 Å². The predicted molar refractivity (Wildman–Crippen MR) is 198 cm³/mol. The van der Waals surface area contributed by atoms with Crippen LogP contribution in [0.15, 0.2) is 24.3 Å². The summed E-state index contributed by atoms with van der Waals surface area (Å²) in [5.41, 5.74) is 0. The molecule has 0 spiro atoms. The average Bonchev–Trinajstić information content (AvgIpc) is 3.37. The van der Waals surface area contributed by atoms with Gasteiger partial charge >= 0.3 is 19.8 Å². The molecular formula is C38H69O13P. The van der Waals surface area contributed by atoms with Gasteiger partial charge in [-0.3, -0.25) is 18.6 Å². The Morgan fingerprint density at radius 1 is 0.827 bits per heavy atom. The fourth-order valence-corrected chi connectivity index (χ4v) is 6.82. The number of aliphatic hydroxyl groups excluding tert-OH is 5. The summed E-state index contributed by atoms with van der Waals surface area (Å²) in [5, 5.41) is 49.6. The van der Waals surface area contributed by atoms with Crippen LogP contribution < -0.4 is 0 Å². The largest absolute Gasteiger partial charge is 0.472 e. The molecule has 0 saturated heterocycles. The van der Waals surface area contributed by atoms with E-state index in [4.69, 9.17) is 19.1 Å². The lowest BCUT2D eigenvalue weighted by molar-refractivity contribution is -0.160. The minimum Gasteiger partial charge on any atom is -0.462 e. The Kier molecular flexibility index (Phi) is 26.7. The third-order valence-corrected chi connectivity index (χ3v) is 10.1. The molecule has 52 heavy (non-hydrogen) atoms. The number of allylic oxidation sites excluding steroid dienone is 1. The first-order valence-electron chi connectivity index (χ1n) is 19.4. The van der Waals surface area contributed by atoms with Gasteiger partial charge in [0.1, 0.15) is 12.7 Å². The topological polar surface area (TPSA) is 210 Å². The van der Waals surface area contributed by atoms with E-state index in [0.29, 0.717) is 19.3 Å². The number of carbonyl (C=O) groups excluding carboxylic acids is 2. The van der Waals surface area contributed by atoms with Crippen LogP contribution in [-0.2, 0) is 32.7 Å². The molecule has 8 atom stereocenters. The number of esters is 2. The molecule has 0 aromatic rings. The number of rotatable bonds is 31. The molecule has 304 valence electrons. The standard InChI is InChI=1S/C38H69O13P/c1-4-5-12-18-30(40)22-23-34-33(35(42)24-36(34)43)19-15-16-21-38(45)51-32(28-50-52(46,47)49-26-31(41)25-39)27-48-37(44)20-14-11-9-7-6-8-10-13-17-29(2)3/h15-16,22-23,29-36,39-43H,4-14,17-21,24-28H2,1-3H3,(H,46,47)/b16-15-,23-22+/t30-,31+,32-,33+,34-,35+,36-/m1/s1. The summed E-state index contributed by atoms with van der Waals surface area (Å²) in [6.07, 6.45) is 15.9. The molecule has 1 rings (SSSR count). The number of aliphatic hydroxyl groups is 5. The molecule has 0 aromatic heterocycles. The van der Waals surface area contributed by atoms with Gasteiger partial charge in [-0.05, 0) is 31.1 Å². The highest BCUT2D eigenvalue weighted by Crippen LogP contribution is 2.43. The van der Waals surface area contributed by atoms with E-state index in [1.807, 2.05) is 0 Å². The van der Waals surface area contributed by atoms with Crippen LogP contribution >= 0.6 is 7.82 Å². The van der Waals surface area contributed by atoms with Crippen molar-refractivity contribution in [2.24, 2.45) is 17.8 Å². The number of hydrogen-bond donors (Lipinski definition) is 6. The molecule has 6 N–H and O–H groups in total. The van der Waals surface area contributed by atoms with Crippen molar-refractivity contribution < 1.29 is 63.1 Å². The highest BCUT2D eigenvalue weighted by molar-refractivity contribution is 7.47. The molecule has 0 bridgehead atoms. The zero-order valence-corrected chi connectivity index (χ0v) is 32.7. The lowest BCUT2D eigenvalue weighted by Crippen LogP contribution is -2.29. The van der Waals surface area contributed by atoms with Gasteiger partial charge in [0.2, 0.25) is 0 Å². The molecule has 1 fully saturated rings. The maximum absolute atomic E-state index is 12.7. The quantitative estimate of drug-likeness (QED) is 0.0218. The summed E-state index contributed by atoms with van der Waals surface area (Å²) < 4.78 is 32.5. The summed E-state index contributed by atoms with van der Waals surface area (Å²) >= 11 is 0. The normalized spacial score (nSPS) is 22.2. The Bertz CT molecular complexity index is 1050. The van der Waals surface area contributed by atoms with E-state index in [9.17, 15) is 39.5 Å². The fourth-order valence-electron chi connectivity index (χ4n) is 6.03. The Morgan fingerprint density at radius 2 is 1.46 bits per heavy atom. The van der Waals surface area contributed by atoms with E-state index in [2.05, 4.69) is 25.3 Å². The molecule has 0 amide bonds. The number of carbonyl (C=O) groups is 2. The summed E-state index contributed by atoms with van der Waals surface area (Å²) in [7, 11) is -4.70. The first-order valence-corrected chi connectivity index (χ1v) is 20.9. The van der Waals surface area contributed by atoms with Crippen molar-refractivity contribution in [3.63, 3.8) is 0 Å². The molecule has 0 aliphatic heterocycles. The van der Waals surface area contributed by atoms with Crippen molar-refractivity contribution in [1.82, 2.24) is 0 Å². The number of ether oxygens (including phenoxy) is 2. The first kappa shape index (κ1) is 48.3. The number of phosphoric acid groups is 1. The molecule has 1 saturated carbocycles. The number of hydrogen-bond acceptors (Lipinski definition) is 12. The van der Waals surface area contributed by atoms with Gasteiger partial charge in [0, 0.05) is 18.8 Å². The van der Waals surface area contributed by atoms with Gasteiger partial charge in [0.15, 0.2) is 6.10 Å². The summed E-state index contributed by atoms with van der Waals surface area (Å²) in [6.45, 7) is 4.13. The third kappa shape index (κ3) is 23.9. The van der Waals surface area contributed by atoms with E-state index < -0.39 is 76.7 Å². The second-order valence-corrected chi connectivity index (χ2v) is 15.9. The Morgan fingerprint density at radius 3 is 2.12 bits per heavy atom. The van der Waals surface area contributed by atoms with Gasteiger partial charge in [-0.15, -0.1) is 0 Å². The van der Waals surface area contributed by atoms with E-state index in [0.717, 1.165) is 44.4 Å². The molecule has 13 nitrogen and oxygen atoms in total. The minimum atomic E-state index is -4.70. The maximum atomic E-state index is 12.7. The van der Waals surface area contributed by atoms with Crippen LogP contribution in [0, 0.1) is 17.8 Å². The molecule has 1 unspecified atom stereocenters. The van der Waals surface area contributed by atoms with Crippen LogP contribution in [0.4, 0.5) is 0 Å². The van der Waals surface area contributed by atoms with Crippen molar-refractivity contribution in [1.29, 1.82) is 0 Å². The second kappa shape index (κ2) is 28.7. The molecule has 0 radical (unpaired) electrons. The van der Waals surface area contributed by atoms with Crippen molar-refractivity contribution in [2.45, 2.75) is 160 Å². The zero-order valence-electron chi connectivity index (χ0n) is 31.8. The van der Waals surface area contributed by atoms with Crippen molar-refractivity contribution >= 4 is 19.8 Å². The van der Waals surface area contributed by atoms with Gasteiger partial charge in [0.05, 0.1) is 44.6 Å². The van der Waals surface area contributed by atoms with Gasteiger partial charge in [-0.25, -0.2) is 4.57 Å². The maximum Gasteiger partial charge on any atom is 0.472 e. The molecule has 0 aromatic carbocycles. The number of phosphoric ester groups is 1. The van der Waals surface area contributed by atoms with Gasteiger partial charge in [-0.2, -0.15) is 0 Å². The third-order valence-electron chi connectivity index (χ3n) is 9.14. The molecule has 1 aliphatic rings. The molecule has 0 heterocycles. The minimum absolute atomic E-state index is 0.176. The summed E-state index contributed by atoms with van der Waals surface area (Å²) in [4.78, 5) is 35.1. The van der Waals surface area contributed by atoms with Crippen LogP contribution in [0.5, 0.6) is 0 Å². The average molecular weight is 765 g/mol. The van der Waals surface area contributed by atoms with Crippen LogP contribution in [0.1, 0.15) is 130 Å². The summed E-state index contributed by atoms with van der Waals surface area (Å²) in [6, 6.07) is 0.